The number of nitrogens with one attached hydrogen (secondary N) is 1. The van der Waals surface area contributed by atoms with E-state index >= 15 is 0 Å². The molecule has 3 aliphatic rings. The third-order valence-electron chi connectivity index (χ3n) is 6.79. The van der Waals surface area contributed by atoms with Crippen LogP contribution in [0.2, 0.25) is 0 Å². The highest BCUT2D eigenvalue weighted by Crippen LogP contribution is 2.64. The first-order valence-corrected chi connectivity index (χ1v) is 10.0. The van der Waals surface area contributed by atoms with Gasteiger partial charge in [-0.25, -0.2) is 13.1 Å². The molecule has 0 radical (unpaired) electrons. The summed E-state index contributed by atoms with van der Waals surface area (Å²) >= 11 is 0. The minimum absolute atomic E-state index is 0.0290. The third-order valence-corrected chi connectivity index (χ3v) is 8.27. The minimum Gasteiger partial charge on any atom is -0.345 e. The van der Waals surface area contributed by atoms with E-state index in [0.29, 0.717) is 18.9 Å². The van der Waals surface area contributed by atoms with Crippen molar-refractivity contribution in [1.29, 1.82) is 0 Å². The monoisotopic (exact) mass is 326 g/mol. The van der Waals surface area contributed by atoms with Crippen LogP contribution in [0.4, 0.5) is 0 Å². The molecule has 0 amide bonds. The van der Waals surface area contributed by atoms with Gasteiger partial charge in [-0.2, -0.15) is 0 Å². The van der Waals surface area contributed by atoms with Gasteiger partial charge in [0.15, 0.2) is 7.98 Å². The maximum absolute atomic E-state index is 12.6. The van der Waals surface area contributed by atoms with Gasteiger partial charge < -0.3 is 4.81 Å². The van der Waals surface area contributed by atoms with Gasteiger partial charge in [0.1, 0.15) is 5.78 Å². The van der Waals surface area contributed by atoms with Crippen LogP contribution in [0.3, 0.4) is 0 Å². The highest BCUT2D eigenvalue weighted by Gasteiger charge is 2.65. The first kappa shape index (κ1) is 16.5. The number of Topliss-reactive ketones (excluding diaryl/α,β-unsaturated/α-hetero) is 1. The van der Waals surface area contributed by atoms with E-state index in [4.69, 9.17) is 0 Å². The van der Waals surface area contributed by atoms with E-state index in [1.165, 1.54) is 0 Å². The average Bonchev–Trinajstić information content (AvgIpc) is 2.98. The molecule has 1 saturated heterocycles. The molecule has 22 heavy (non-hydrogen) atoms. The van der Waals surface area contributed by atoms with Crippen LogP contribution in [-0.4, -0.2) is 51.9 Å². The second kappa shape index (κ2) is 5.31. The molecule has 1 aliphatic heterocycles. The van der Waals surface area contributed by atoms with Gasteiger partial charge in [-0.05, 0) is 43.6 Å². The molecule has 1 heterocycles. The molecule has 3 rings (SSSR count). The van der Waals surface area contributed by atoms with Crippen LogP contribution in [0.25, 0.3) is 0 Å². The van der Waals surface area contributed by atoms with Crippen molar-refractivity contribution in [1.82, 2.24) is 9.53 Å². The van der Waals surface area contributed by atoms with Crippen LogP contribution >= 0.6 is 0 Å². The molecule has 0 aromatic carbocycles. The zero-order valence-electron chi connectivity index (χ0n) is 13.9. The lowest BCUT2D eigenvalue weighted by Gasteiger charge is -2.36. The van der Waals surface area contributed by atoms with E-state index in [1.54, 1.807) is 0 Å². The number of ketones is 1. The molecule has 0 aromatic heterocycles. The molecule has 2 bridgehead atoms. The molecular formula is C15H27BN2O3S. The Kier molecular flexibility index (Phi) is 3.98. The molecule has 1 N–H and O–H groups in total. The van der Waals surface area contributed by atoms with Gasteiger partial charge in [0, 0.05) is 24.4 Å². The zero-order chi connectivity index (χ0) is 16.2. The standard InChI is InChI=1S/C15H27BN2O3S/c1-14(2)11-5-6-15(14,13(19)8-11)10-22(20,21)17-9-12-4-3-7-18(12)16/h11-12,17H,3-10,16H2,1-2H3/t11?,12-,15+/m0/s1. The van der Waals surface area contributed by atoms with E-state index in [0.717, 1.165) is 32.2 Å². The highest BCUT2D eigenvalue weighted by molar-refractivity contribution is 7.89. The van der Waals surface area contributed by atoms with Crippen LogP contribution in [0.15, 0.2) is 0 Å². The van der Waals surface area contributed by atoms with Crippen molar-refractivity contribution < 1.29 is 13.2 Å². The van der Waals surface area contributed by atoms with E-state index in [1.807, 2.05) is 7.98 Å². The highest BCUT2D eigenvalue weighted by atomic mass is 32.2. The Balaban J connectivity index is 1.70. The minimum atomic E-state index is -3.42. The Labute approximate surface area is 134 Å². The molecule has 1 unspecified atom stereocenters. The molecule has 2 saturated carbocycles. The number of rotatable bonds is 5. The third kappa shape index (κ3) is 2.45. The maximum atomic E-state index is 12.6. The van der Waals surface area contributed by atoms with Crippen molar-refractivity contribution in [2.75, 3.05) is 18.8 Å². The van der Waals surface area contributed by atoms with E-state index < -0.39 is 15.4 Å². The maximum Gasteiger partial charge on any atom is 0.212 e. The normalized spacial score (nSPS) is 38.0. The fraction of sp³-hybridized carbons (Fsp3) is 0.933. The lowest BCUT2D eigenvalue weighted by molar-refractivity contribution is -0.128. The summed E-state index contributed by atoms with van der Waals surface area (Å²) in [6.07, 6.45) is 4.44. The van der Waals surface area contributed by atoms with Crippen molar-refractivity contribution in [3.63, 3.8) is 0 Å². The summed E-state index contributed by atoms with van der Waals surface area (Å²) in [4.78, 5) is 14.7. The molecule has 0 spiro atoms. The van der Waals surface area contributed by atoms with Crippen molar-refractivity contribution in [2.45, 2.75) is 52.0 Å². The summed E-state index contributed by atoms with van der Waals surface area (Å²) in [6, 6.07) is 0.288. The van der Waals surface area contributed by atoms with Gasteiger partial charge in [0.05, 0.1) is 5.75 Å². The van der Waals surface area contributed by atoms with Gasteiger partial charge in [0.2, 0.25) is 10.0 Å². The summed E-state index contributed by atoms with van der Waals surface area (Å²) in [5.41, 5.74) is -0.853. The number of hydrogen-bond acceptors (Lipinski definition) is 4. The first-order chi connectivity index (χ1) is 10.2. The second-order valence-corrected chi connectivity index (χ2v) is 9.86. The number of carbonyl (C=O) groups is 1. The fourth-order valence-electron chi connectivity index (χ4n) is 4.94. The molecule has 7 heteroatoms. The van der Waals surface area contributed by atoms with E-state index in [9.17, 15) is 13.2 Å². The molecule has 124 valence electrons. The zero-order valence-corrected chi connectivity index (χ0v) is 14.7. The number of sulfonamides is 1. The lowest BCUT2D eigenvalue weighted by Crippen LogP contribution is -2.47. The topological polar surface area (TPSA) is 66.5 Å². The quantitative estimate of drug-likeness (QED) is 0.739. The summed E-state index contributed by atoms with van der Waals surface area (Å²) < 4.78 is 27.9. The fourth-order valence-corrected chi connectivity index (χ4v) is 6.82. The molecule has 3 atom stereocenters. The number of hydrogen-bond donors (Lipinski definition) is 1. The predicted octanol–water partition coefficient (Wildman–Crippen LogP) is 0.314. The van der Waals surface area contributed by atoms with Gasteiger partial charge in [-0.1, -0.05) is 13.8 Å². The van der Waals surface area contributed by atoms with Crippen LogP contribution in [0.5, 0.6) is 0 Å². The van der Waals surface area contributed by atoms with Crippen molar-refractivity contribution in [3.8, 4) is 0 Å². The van der Waals surface area contributed by atoms with Crippen LogP contribution in [-0.2, 0) is 14.8 Å². The van der Waals surface area contributed by atoms with Gasteiger partial charge in [-0.15, -0.1) is 0 Å². The Bertz CT molecular complexity index is 577. The second-order valence-electron chi connectivity index (χ2n) is 8.05. The van der Waals surface area contributed by atoms with Crippen LogP contribution < -0.4 is 4.72 Å². The molecule has 3 fully saturated rings. The molecule has 2 aliphatic carbocycles. The summed E-state index contributed by atoms with van der Waals surface area (Å²) in [7, 11) is -1.38. The Hall–Kier alpha value is -0.395. The SMILES string of the molecule is BN1CCC[C@H]1CNS(=O)(=O)C[C@]12CCC(CC1=O)C2(C)C. The Morgan fingerprint density at radius 2 is 2.09 bits per heavy atom. The molecule has 0 aromatic rings. The van der Waals surface area contributed by atoms with Crippen LogP contribution in [0, 0.1) is 16.7 Å². The molecule has 5 nitrogen and oxygen atoms in total. The van der Waals surface area contributed by atoms with E-state index in [-0.39, 0.29) is 23.0 Å². The molecular weight excluding hydrogens is 299 g/mol. The summed E-state index contributed by atoms with van der Waals surface area (Å²) in [6.45, 7) is 5.65. The van der Waals surface area contributed by atoms with Crippen molar-refractivity contribution >= 4 is 23.8 Å². The Morgan fingerprint density at radius 1 is 1.36 bits per heavy atom. The summed E-state index contributed by atoms with van der Waals surface area (Å²) in [5.74, 6) is 0.493. The van der Waals surface area contributed by atoms with Crippen molar-refractivity contribution in [2.24, 2.45) is 16.7 Å². The predicted molar refractivity (Wildman–Crippen MR) is 88.6 cm³/mol. The van der Waals surface area contributed by atoms with Crippen LogP contribution in [0.1, 0.15) is 46.0 Å². The van der Waals surface area contributed by atoms with Gasteiger partial charge in [0.25, 0.3) is 0 Å². The largest absolute Gasteiger partial charge is 0.345 e. The Morgan fingerprint density at radius 3 is 2.59 bits per heavy atom. The average molecular weight is 326 g/mol. The summed E-state index contributed by atoms with van der Waals surface area (Å²) in [5, 5.41) is 0. The van der Waals surface area contributed by atoms with Gasteiger partial charge >= 0.3 is 0 Å². The van der Waals surface area contributed by atoms with E-state index in [2.05, 4.69) is 23.4 Å². The number of carbonyl (C=O) groups excluding carboxylic acids is 1. The van der Waals surface area contributed by atoms with Crippen molar-refractivity contribution in [3.05, 3.63) is 0 Å². The smallest absolute Gasteiger partial charge is 0.212 e. The number of nitrogens with zero attached hydrogens (tertiary/aromatic N) is 1. The first-order valence-electron chi connectivity index (χ1n) is 8.39. The number of fused-ring (bicyclic) bond motifs is 2. The van der Waals surface area contributed by atoms with Gasteiger partial charge in [-0.3, -0.25) is 4.79 Å². The lowest BCUT2D eigenvalue weighted by atomic mass is 9.70.